The van der Waals surface area contributed by atoms with E-state index in [1.165, 1.54) is 0 Å². The zero-order valence-corrected chi connectivity index (χ0v) is 5.79. The van der Waals surface area contributed by atoms with E-state index in [4.69, 9.17) is 5.26 Å². The third-order valence-corrected chi connectivity index (χ3v) is 1.01. The third-order valence-electron chi connectivity index (χ3n) is 1.01. The van der Waals surface area contributed by atoms with Gasteiger partial charge in [-0.05, 0) is 0 Å². The van der Waals surface area contributed by atoms with Gasteiger partial charge in [0.15, 0.2) is 0 Å². The van der Waals surface area contributed by atoms with Crippen LogP contribution in [-0.4, -0.2) is 11.6 Å². The van der Waals surface area contributed by atoms with Crippen LogP contribution >= 0.6 is 0 Å². The molecule has 61 valence electrons. The van der Waals surface area contributed by atoms with Crippen LogP contribution in [-0.2, 0) is 0 Å². The minimum Gasteiger partial charge on any atom is -0.433 e. The molecule has 1 aromatic heterocycles. The largest absolute Gasteiger partial charge is 0.433 e. The summed E-state index contributed by atoms with van der Waals surface area (Å²) < 4.78 is 27.2. The average molecular weight is 169 g/mol. The molecule has 0 saturated heterocycles. The second-order valence-corrected chi connectivity index (χ2v) is 1.82. The van der Waals surface area contributed by atoms with E-state index in [2.05, 4.69) is 15.9 Å². The van der Waals surface area contributed by atoms with Gasteiger partial charge >= 0.3 is 6.61 Å². The van der Waals surface area contributed by atoms with Crippen LogP contribution in [0.3, 0.4) is 0 Å². The Balaban J connectivity index is 2.81. The highest BCUT2D eigenvalue weighted by Gasteiger charge is 2.04. The van der Waals surface area contributed by atoms with Crippen molar-refractivity contribution in [1.29, 1.82) is 5.26 Å². The first-order chi connectivity index (χ1) is 5.72. The van der Waals surface area contributed by atoms with E-state index in [0.717, 1.165) is 12.3 Å². The number of alkyl halides is 2. The Kier molecular flexibility index (Phi) is 2.53. The van der Waals surface area contributed by atoms with Gasteiger partial charge in [0.2, 0.25) is 0 Å². The van der Waals surface area contributed by atoms with E-state index in [1.54, 1.807) is 6.07 Å². The van der Waals surface area contributed by atoms with Gasteiger partial charge in [0, 0.05) is 6.07 Å². The lowest BCUT2D eigenvalue weighted by atomic mass is 10.3. The highest BCUT2D eigenvalue weighted by molar-refractivity contribution is 5.31. The molecule has 0 N–H and O–H groups in total. The minimum absolute atomic E-state index is 0.0631. The van der Waals surface area contributed by atoms with E-state index in [9.17, 15) is 8.78 Å². The maximum absolute atomic E-state index is 11.6. The Bertz CT molecular complexity index is 309. The van der Waals surface area contributed by atoms with E-state index in [1.807, 2.05) is 0 Å². The van der Waals surface area contributed by atoms with Gasteiger partial charge in [-0.25, -0.2) is 4.98 Å². The van der Waals surface area contributed by atoms with Crippen LogP contribution in [0.25, 0.3) is 0 Å². The maximum atomic E-state index is 11.6. The van der Waals surface area contributed by atoms with Crippen molar-refractivity contribution in [2.24, 2.45) is 0 Å². The van der Waals surface area contributed by atoms with Crippen LogP contribution < -0.4 is 4.74 Å². The number of ether oxygens (including phenoxy) is 1. The molecular weight excluding hydrogens is 166 g/mol. The normalized spacial score (nSPS) is 9.50. The van der Waals surface area contributed by atoms with Gasteiger partial charge in [0.05, 0.1) is 11.8 Å². The molecule has 0 amide bonds. The Labute approximate surface area is 67.2 Å². The van der Waals surface area contributed by atoms with E-state index < -0.39 is 6.61 Å². The van der Waals surface area contributed by atoms with Crippen molar-refractivity contribution in [2.75, 3.05) is 0 Å². The van der Waals surface area contributed by atoms with Crippen LogP contribution in [0.15, 0.2) is 12.3 Å². The van der Waals surface area contributed by atoms with Gasteiger partial charge in [0.1, 0.15) is 18.0 Å². The van der Waals surface area contributed by atoms with Crippen molar-refractivity contribution in [3.8, 4) is 11.8 Å². The molecule has 0 aromatic carbocycles. The van der Waals surface area contributed by atoms with Crippen LogP contribution in [0.2, 0.25) is 0 Å². The number of rotatable bonds is 2. The zero-order valence-electron chi connectivity index (χ0n) is 5.79. The molecule has 0 unspecified atom stereocenters. The van der Waals surface area contributed by atoms with Crippen molar-refractivity contribution in [3.63, 3.8) is 0 Å². The lowest BCUT2D eigenvalue weighted by Crippen LogP contribution is -2.02. The van der Waals surface area contributed by atoms with Crippen LogP contribution in [0.4, 0.5) is 8.78 Å². The van der Waals surface area contributed by atoms with E-state index in [0.29, 0.717) is 0 Å². The Morgan fingerprint density at radius 3 is 3.00 bits per heavy atom. The maximum Gasteiger partial charge on any atom is 0.387 e. The fraction of sp³-hybridized carbons (Fsp3) is 0.143. The lowest BCUT2D eigenvalue weighted by Gasteiger charge is -2.01. The summed E-state index contributed by atoms with van der Waals surface area (Å²) in [6, 6.07) is 2.84. The molecule has 0 aliphatic carbocycles. The van der Waals surface area contributed by atoms with Crippen molar-refractivity contribution in [1.82, 2.24) is 4.98 Å². The zero-order chi connectivity index (χ0) is 8.97. The first-order valence-electron chi connectivity index (χ1n) is 2.95. The van der Waals surface area contributed by atoms with Gasteiger partial charge in [-0.3, -0.25) is 0 Å². The summed E-state index contributed by atoms with van der Waals surface area (Å²) in [6.45, 7) is -2.90. The second kappa shape index (κ2) is 3.62. The number of nitriles is 1. The predicted molar refractivity (Wildman–Crippen MR) is 34.4 cm³/mol. The molecule has 0 spiro atoms. The summed E-state index contributed by atoms with van der Waals surface area (Å²) in [5.74, 6) is -0.139. The summed E-state index contributed by atoms with van der Waals surface area (Å²) in [6.07, 6.45) is 3.36. The number of hydrogen-bond donors (Lipinski definition) is 0. The summed E-state index contributed by atoms with van der Waals surface area (Å²) in [7, 11) is 0. The van der Waals surface area contributed by atoms with Gasteiger partial charge in [-0.2, -0.15) is 14.0 Å². The third kappa shape index (κ3) is 2.16. The van der Waals surface area contributed by atoms with Crippen molar-refractivity contribution < 1.29 is 13.5 Å². The van der Waals surface area contributed by atoms with Gasteiger partial charge in [0.25, 0.3) is 0 Å². The molecule has 1 aromatic rings. The fourth-order valence-corrected chi connectivity index (χ4v) is 0.602. The lowest BCUT2D eigenvalue weighted by molar-refractivity contribution is -0.0500. The molecule has 1 rings (SSSR count). The smallest absolute Gasteiger partial charge is 0.387 e. The molecule has 0 aliphatic heterocycles. The molecule has 0 bridgehead atoms. The van der Waals surface area contributed by atoms with Gasteiger partial charge in [-0.1, -0.05) is 0 Å². The molecule has 0 aliphatic rings. The van der Waals surface area contributed by atoms with E-state index >= 15 is 0 Å². The Morgan fingerprint density at radius 2 is 2.42 bits per heavy atom. The molecule has 1 heterocycles. The van der Waals surface area contributed by atoms with Crippen LogP contribution in [0.5, 0.6) is 5.75 Å². The molecular formula is C7H3F2N2O. The SMILES string of the molecule is N#Cc1[c]ncc(OC(F)F)c1. The standard InChI is InChI=1S/C7H3F2N2O/c8-7(9)12-6-1-5(2-10)3-11-4-6/h1,4,7H. The topological polar surface area (TPSA) is 45.9 Å². The molecule has 3 nitrogen and oxygen atoms in total. The summed E-state index contributed by atoms with van der Waals surface area (Å²) in [5, 5.41) is 8.33. The van der Waals surface area contributed by atoms with Crippen molar-refractivity contribution in [2.45, 2.75) is 6.61 Å². The first-order valence-corrected chi connectivity index (χ1v) is 2.95. The molecule has 0 saturated carbocycles. The Morgan fingerprint density at radius 1 is 1.67 bits per heavy atom. The second-order valence-electron chi connectivity index (χ2n) is 1.82. The monoisotopic (exact) mass is 169 g/mol. The molecule has 5 heteroatoms. The molecule has 0 atom stereocenters. The predicted octanol–water partition coefficient (Wildman–Crippen LogP) is 1.35. The molecule has 0 fully saturated rings. The minimum atomic E-state index is -2.90. The number of halogens is 2. The van der Waals surface area contributed by atoms with Gasteiger partial charge in [-0.15, -0.1) is 0 Å². The van der Waals surface area contributed by atoms with Crippen molar-refractivity contribution in [3.05, 3.63) is 24.0 Å². The average Bonchev–Trinajstić information content (AvgIpc) is 2.03. The number of aromatic nitrogens is 1. The summed E-state index contributed by atoms with van der Waals surface area (Å²) in [5.41, 5.74) is 0.0631. The number of pyridine rings is 1. The summed E-state index contributed by atoms with van der Waals surface area (Å²) in [4.78, 5) is 3.40. The first kappa shape index (κ1) is 8.40. The molecule has 1 radical (unpaired) electrons. The van der Waals surface area contributed by atoms with Gasteiger partial charge < -0.3 is 4.74 Å². The molecule has 12 heavy (non-hydrogen) atoms. The van der Waals surface area contributed by atoms with E-state index in [-0.39, 0.29) is 11.3 Å². The number of hydrogen-bond acceptors (Lipinski definition) is 3. The highest BCUT2D eigenvalue weighted by atomic mass is 19.3. The highest BCUT2D eigenvalue weighted by Crippen LogP contribution is 2.12. The quantitative estimate of drug-likeness (QED) is 0.671. The summed E-state index contributed by atoms with van der Waals surface area (Å²) >= 11 is 0. The number of nitrogens with zero attached hydrogens (tertiary/aromatic N) is 2. The van der Waals surface area contributed by atoms with Crippen LogP contribution in [0, 0.1) is 17.5 Å². The van der Waals surface area contributed by atoms with Crippen molar-refractivity contribution >= 4 is 0 Å². The van der Waals surface area contributed by atoms with Crippen LogP contribution in [0.1, 0.15) is 5.56 Å². The Hall–Kier alpha value is -1.70. The fourth-order valence-electron chi connectivity index (χ4n) is 0.602.